The van der Waals surface area contributed by atoms with Gasteiger partial charge in [-0.1, -0.05) is 6.92 Å². The summed E-state index contributed by atoms with van der Waals surface area (Å²) in [6, 6.07) is 14.2. The Bertz CT molecular complexity index is 764. The summed E-state index contributed by atoms with van der Waals surface area (Å²) in [5, 5.41) is 20.6. The van der Waals surface area contributed by atoms with Gasteiger partial charge in [0.05, 0.1) is 11.6 Å². The van der Waals surface area contributed by atoms with Gasteiger partial charge in [0.1, 0.15) is 11.5 Å². The van der Waals surface area contributed by atoms with E-state index in [4.69, 9.17) is 15.1 Å². The molecule has 0 heterocycles. The number of carbonyl (C=O) groups excluding carboxylic acids is 1. The molecule has 0 aliphatic carbocycles. The number of hydrogen-bond acceptors (Lipinski definition) is 4. The number of carbonyl (C=O) groups is 1. The van der Waals surface area contributed by atoms with Crippen LogP contribution < -0.4 is 10.1 Å². The van der Waals surface area contributed by atoms with Crippen molar-refractivity contribution in [2.75, 3.05) is 13.2 Å². The van der Waals surface area contributed by atoms with E-state index in [9.17, 15) is 4.79 Å². The van der Waals surface area contributed by atoms with Crippen molar-refractivity contribution in [3.8, 4) is 17.6 Å². The monoisotopic (exact) mass is 338 g/mol. The number of hydrogen-bond donors (Lipinski definition) is 2. The summed E-state index contributed by atoms with van der Waals surface area (Å²) >= 11 is 0. The van der Waals surface area contributed by atoms with Crippen LogP contribution in [0.4, 0.5) is 0 Å². The van der Waals surface area contributed by atoms with Crippen molar-refractivity contribution in [1.82, 2.24) is 5.32 Å². The zero-order valence-electron chi connectivity index (χ0n) is 14.5. The molecule has 0 spiro atoms. The predicted octanol–water partition coefficient (Wildman–Crippen LogP) is 3.41. The number of rotatable bonds is 7. The average molecular weight is 338 g/mol. The highest BCUT2D eigenvalue weighted by Gasteiger charge is 2.09. The summed E-state index contributed by atoms with van der Waals surface area (Å²) in [6.07, 6.45) is 0.664. The van der Waals surface area contributed by atoms with Gasteiger partial charge in [-0.3, -0.25) is 4.79 Å². The average Bonchev–Trinajstić information content (AvgIpc) is 2.62. The third-order valence-corrected chi connectivity index (χ3v) is 3.88. The van der Waals surface area contributed by atoms with E-state index in [2.05, 4.69) is 11.4 Å². The molecule has 25 heavy (non-hydrogen) atoms. The first-order valence-corrected chi connectivity index (χ1v) is 8.21. The molecule has 2 rings (SSSR count). The number of ether oxygens (including phenoxy) is 1. The topological polar surface area (TPSA) is 82.3 Å². The molecule has 0 aromatic heterocycles. The van der Waals surface area contributed by atoms with Crippen LogP contribution in [0.5, 0.6) is 11.5 Å². The molecule has 0 aliphatic rings. The van der Waals surface area contributed by atoms with Gasteiger partial charge in [0, 0.05) is 18.7 Å². The second-order valence-corrected chi connectivity index (χ2v) is 6.05. The van der Waals surface area contributed by atoms with Gasteiger partial charge in [-0.2, -0.15) is 5.26 Å². The van der Waals surface area contributed by atoms with Gasteiger partial charge < -0.3 is 15.2 Å². The maximum absolute atomic E-state index is 12.1. The molecule has 5 heteroatoms. The van der Waals surface area contributed by atoms with Crippen molar-refractivity contribution < 1.29 is 14.6 Å². The van der Waals surface area contributed by atoms with Crippen molar-refractivity contribution in [3.05, 3.63) is 59.2 Å². The van der Waals surface area contributed by atoms with Gasteiger partial charge in [-0.25, -0.2) is 0 Å². The van der Waals surface area contributed by atoms with Crippen LogP contribution in [0.2, 0.25) is 0 Å². The van der Waals surface area contributed by atoms with Crippen LogP contribution in [0.1, 0.15) is 34.8 Å². The molecule has 0 aliphatic heterocycles. The van der Waals surface area contributed by atoms with E-state index in [1.54, 1.807) is 42.5 Å². The smallest absolute Gasteiger partial charge is 0.251 e. The number of nitrogens with zero attached hydrogens (tertiary/aromatic N) is 1. The zero-order valence-corrected chi connectivity index (χ0v) is 14.5. The van der Waals surface area contributed by atoms with E-state index >= 15 is 0 Å². The van der Waals surface area contributed by atoms with Crippen molar-refractivity contribution in [1.29, 1.82) is 5.26 Å². The van der Waals surface area contributed by atoms with Crippen LogP contribution in [0, 0.1) is 24.2 Å². The van der Waals surface area contributed by atoms with Crippen LogP contribution in [0.15, 0.2) is 42.5 Å². The van der Waals surface area contributed by atoms with Crippen molar-refractivity contribution >= 4 is 5.91 Å². The largest absolute Gasteiger partial charge is 0.457 e. The molecule has 1 atom stereocenters. The third kappa shape index (κ3) is 5.33. The first-order chi connectivity index (χ1) is 12.0. The Morgan fingerprint density at radius 3 is 2.60 bits per heavy atom. The Hall–Kier alpha value is -2.84. The molecule has 1 unspecified atom stereocenters. The highest BCUT2D eigenvalue weighted by atomic mass is 16.5. The minimum absolute atomic E-state index is 0.123. The van der Waals surface area contributed by atoms with Crippen LogP contribution in [-0.4, -0.2) is 24.2 Å². The number of benzene rings is 2. The Balaban J connectivity index is 1.98. The third-order valence-electron chi connectivity index (χ3n) is 3.88. The highest BCUT2D eigenvalue weighted by Crippen LogP contribution is 2.25. The van der Waals surface area contributed by atoms with Crippen LogP contribution >= 0.6 is 0 Å². The lowest BCUT2D eigenvalue weighted by molar-refractivity contribution is 0.0945. The molecule has 0 fully saturated rings. The molecule has 2 N–H and O–H groups in total. The lowest BCUT2D eigenvalue weighted by Crippen LogP contribution is -2.28. The summed E-state index contributed by atoms with van der Waals surface area (Å²) in [6.45, 7) is 4.51. The Morgan fingerprint density at radius 2 is 2.00 bits per heavy atom. The Kier molecular flexibility index (Phi) is 6.55. The molecule has 0 radical (unpaired) electrons. The van der Waals surface area contributed by atoms with Crippen molar-refractivity contribution in [2.45, 2.75) is 20.3 Å². The minimum atomic E-state index is -0.147. The molecule has 0 saturated carbocycles. The number of nitrogens with one attached hydrogen (secondary N) is 1. The molecule has 1 amide bonds. The summed E-state index contributed by atoms with van der Waals surface area (Å²) < 4.78 is 5.80. The number of aliphatic hydroxyl groups is 1. The fourth-order valence-electron chi connectivity index (χ4n) is 2.33. The maximum atomic E-state index is 12.1. The fraction of sp³-hybridized carbons (Fsp3) is 0.300. The van der Waals surface area contributed by atoms with Crippen LogP contribution in [0.3, 0.4) is 0 Å². The molecular formula is C20H22N2O3. The van der Waals surface area contributed by atoms with E-state index < -0.39 is 0 Å². The van der Waals surface area contributed by atoms with Crippen LogP contribution in [-0.2, 0) is 0 Å². The molecule has 0 saturated heterocycles. The van der Waals surface area contributed by atoms with Crippen molar-refractivity contribution in [3.63, 3.8) is 0 Å². The van der Waals surface area contributed by atoms with E-state index in [1.165, 1.54) is 0 Å². The zero-order chi connectivity index (χ0) is 18.2. The minimum Gasteiger partial charge on any atom is -0.457 e. The number of aliphatic hydroxyl groups excluding tert-OH is 1. The standard InChI is InChI=1S/C20H22N2O3/c1-14(9-10-23)13-22-20(24)17-4-6-18(7-5-17)25-19-8-3-16(12-21)11-15(19)2/h3-8,11,14,23H,9-10,13H2,1-2H3,(H,22,24). The quantitative estimate of drug-likeness (QED) is 0.810. The van der Waals surface area contributed by atoms with E-state index in [0.717, 1.165) is 5.56 Å². The van der Waals surface area contributed by atoms with Gasteiger partial charge in [0.15, 0.2) is 0 Å². The maximum Gasteiger partial charge on any atom is 0.251 e. The fourth-order valence-corrected chi connectivity index (χ4v) is 2.33. The molecule has 0 bridgehead atoms. The normalized spacial score (nSPS) is 11.4. The summed E-state index contributed by atoms with van der Waals surface area (Å²) in [5.41, 5.74) is 2.02. The van der Waals surface area contributed by atoms with Gasteiger partial charge in [-0.15, -0.1) is 0 Å². The molecule has 5 nitrogen and oxygen atoms in total. The lowest BCUT2D eigenvalue weighted by Gasteiger charge is -2.12. The first-order valence-electron chi connectivity index (χ1n) is 8.21. The molecule has 2 aromatic rings. The predicted molar refractivity (Wildman–Crippen MR) is 95.6 cm³/mol. The SMILES string of the molecule is Cc1cc(C#N)ccc1Oc1ccc(C(=O)NCC(C)CCO)cc1. The van der Waals surface area contributed by atoms with Gasteiger partial charge in [0.25, 0.3) is 5.91 Å². The highest BCUT2D eigenvalue weighted by molar-refractivity contribution is 5.94. The van der Waals surface area contributed by atoms with Crippen molar-refractivity contribution in [2.24, 2.45) is 5.92 Å². The summed E-state index contributed by atoms with van der Waals surface area (Å²) in [7, 11) is 0. The molecule has 2 aromatic carbocycles. The Labute approximate surface area is 147 Å². The Morgan fingerprint density at radius 1 is 1.28 bits per heavy atom. The summed E-state index contributed by atoms with van der Waals surface area (Å²) in [4.78, 5) is 12.1. The van der Waals surface area contributed by atoms with E-state index in [1.807, 2.05) is 13.8 Å². The van der Waals surface area contributed by atoms with E-state index in [-0.39, 0.29) is 18.4 Å². The second-order valence-electron chi connectivity index (χ2n) is 6.05. The molecule has 130 valence electrons. The number of amides is 1. The lowest BCUT2D eigenvalue weighted by atomic mass is 10.1. The van der Waals surface area contributed by atoms with Gasteiger partial charge in [-0.05, 0) is 67.3 Å². The number of nitriles is 1. The van der Waals surface area contributed by atoms with Crippen LogP contribution in [0.25, 0.3) is 0 Å². The molecular weight excluding hydrogens is 316 g/mol. The summed E-state index contributed by atoms with van der Waals surface area (Å²) in [5.74, 6) is 1.38. The van der Waals surface area contributed by atoms with Gasteiger partial charge >= 0.3 is 0 Å². The first kappa shape index (κ1) is 18.5. The second kappa shape index (κ2) is 8.86. The van der Waals surface area contributed by atoms with E-state index in [0.29, 0.717) is 35.6 Å². The number of aryl methyl sites for hydroxylation is 1. The van der Waals surface area contributed by atoms with Gasteiger partial charge in [0.2, 0.25) is 0 Å².